The van der Waals surface area contributed by atoms with Crippen LogP contribution in [0.5, 0.6) is 0 Å². The molecule has 0 amide bonds. The molecule has 13 heteroatoms. The van der Waals surface area contributed by atoms with Gasteiger partial charge in [0.15, 0.2) is 12.4 Å². The van der Waals surface area contributed by atoms with Gasteiger partial charge in [0.2, 0.25) is 0 Å². The van der Waals surface area contributed by atoms with E-state index in [0.29, 0.717) is 12.8 Å². The average Bonchev–Trinajstić information content (AvgIpc) is 3.32. The van der Waals surface area contributed by atoms with Crippen LogP contribution in [-0.4, -0.2) is 96.0 Å². The molecular weight excluding hydrogens is 897 g/mol. The van der Waals surface area contributed by atoms with Crippen molar-refractivity contribution >= 4 is 22.1 Å². The summed E-state index contributed by atoms with van der Waals surface area (Å²) >= 11 is 0. The van der Waals surface area contributed by atoms with Gasteiger partial charge in [0.25, 0.3) is 10.1 Å². The maximum absolute atomic E-state index is 12.9. The molecule has 1 rings (SSSR count). The summed E-state index contributed by atoms with van der Waals surface area (Å²) in [6.45, 7) is 3.80. The van der Waals surface area contributed by atoms with Crippen LogP contribution in [0.1, 0.15) is 264 Å². The first-order valence-corrected chi connectivity index (χ1v) is 30.0. The van der Waals surface area contributed by atoms with Gasteiger partial charge in [-0.05, 0) is 44.9 Å². The van der Waals surface area contributed by atoms with Crippen molar-refractivity contribution in [2.24, 2.45) is 0 Å². The standard InChI is InChI=1S/C56H104O12S/c1-3-5-7-9-11-13-15-17-19-21-23-24-25-26-27-29-31-33-35-37-39-41-43-45-52(58)67-49(47-66-56-55(61)54(60)53(59)50(68-56)48-69(62,63)64)46-65-51(57)44-42-40-38-36-34-32-30-28-22-20-18-16-14-12-10-8-6-4-2/h15,17,21,23,49-50,53-56,59-61H,3-14,16,18-20,22,24-48H2,1-2H3,(H,62,63,64)/b17-15-,23-21-. The Kier molecular flexibility index (Phi) is 43.4. The van der Waals surface area contributed by atoms with Crippen molar-refractivity contribution in [2.45, 2.75) is 301 Å². The predicted molar refractivity (Wildman–Crippen MR) is 280 cm³/mol. The number of hydrogen-bond acceptors (Lipinski definition) is 11. The summed E-state index contributed by atoms with van der Waals surface area (Å²) < 4.78 is 54.4. The van der Waals surface area contributed by atoms with E-state index in [0.717, 1.165) is 44.9 Å². The number of carbonyl (C=O) groups is 2. The van der Waals surface area contributed by atoms with E-state index in [9.17, 15) is 37.9 Å². The molecule has 0 bridgehead atoms. The van der Waals surface area contributed by atoms with Gasteiger partial charge in [0.1, 0.15) is 36.8 Å². The molecule has 1 heterocycles. The second-order valence-corrected chi connectivity index (χ2v) is 21.5. The number of aliphatic hydroxyl groups is 3. The minimum atomic E-state index is -4.61. The molecule has 0 radical (unpaired) electrons. The van der Waals surface area contributed by atoms with Crippen molar-refractivity contribution in [3.63, 3.8) is 0 Å². The van der Waals surface area contributed by atoms with Gasteiger partial charge < -0.3 is 34.3 Å². The molecule has 0 spiro atoms. The molecule has 1 fully saturated rings. The Morgan fingerprint density at radius 2 is 0.870 bits per heavy atom. The summed E-state index contributed by atoms with van der Waals surface area (Å²) in [4.78, 5) is 25.6. The highest BCUT2D eigenvalue weighted by atomic mass is 32.2. The molecule has 1 aliphatic rings. The highest BCUT2D eigenvalue weighted by Crippen LogP contribution is 2.24. The van der Waals surface area contributed by atoms with E-state index in [1.54, 1.807) is 0 Å². The molecule has 0 aromatic heterocycles. The van der Waals surface area contributed by atoms with Crippen molar-refractivity contribution < 1.29 is 56.8 Å². The molecule has 0 saturated carbocycles. The maximum atomic E-state index is 12.9. The zero-order valence-electron chi connectivity index (χ0n) is 43.9. The lowest BCUT2D eigenvalue weighted by atomic mass is 10.00. The van der Waals surface area contributed by atoms with E-state index in [1.165, 1.54) is 180 Å². The van der Waals surface area contributed by atoms with Gasteiger partial charge in [-0.25, -0.2) is 0 Å². The number of rotatable bonds is 49. The summed E-state index contributed by atoms with van der Waals surface area (Å²) in [5.41, 5.74) is 0. The summed E-state index contributed by atoms with van der Waals surface area (Å²) in [5.74, 6) is -1.97. The van der Waals surface area contributed by atoms with Crippen molar-refractivity contribution in [3.8, 4) is 0 Å². The number of allylic oxidation sites excluding steroid dienone is 4. The number of ether oxygens (including phenoxy) is 4. The number of esters is 2. The quantitative estimate of drug-likeness (QED) is 0.0196. The first-order valence-electron chi connectivity index (χ1n) is 28.4. The molecule has 6 atom stereocenters. The van der Waals surface area contributed by atoms with Crippen LogP contribution in [0.2, 0.25) is 0 Å². The number of aliphatic hydroxyl groups excluding tert-OH is 3. The number of unbranched alkanes of at least 4 members (excludes halogenated alkanes) is 33. The lowest BCUT2D eigenvalue weighted by Gasteiger charge is -2.40. The Morgan fingerprint density at radius 1 is 0.493 bits per heavy atom. The average molecular weight is 1000 g/mol. The molecule has 0 aliphatic carbocycles. The zero-order valence-corrected chi connectivity index (χ0v) is 44.8. The predicted octanol–water partition coefficient (Wildman–Crippen LogP) is 13.5. The molecule has 1 saturated heterocycles. The normalized spacial score (nSPS) is 19.2. The lowest BCUT2D eigenvalue weighted by molar-refractivity contribution is -0.297. The van der Waals surface area contributed by atoms with Crippen molar-refractivity contribution in [1.29, 1.82) is 0 Å². The van der Waals surface area contributed by atoms with Crippen LogP contribution in [0.25, 0.3) is 0 Å². The first-order chi connectivity index (χ1) is 33.5. The SMILES string of the molecule is CCCCCCC/C=C\C/C=C\CCCCCCCCCCCCCC(=O)OC(COC(=O)CCCCCCCCCCCCCCCCCCCC)COC1OC(CS(=O)(=O)O)C(O)C(O)C1O. The second kappa shape index (κ2) is 46.0. The van der Waals surface area contributed by atoms with Gasteiger partial charge in [-0.3, -0.25) is 14.1 Å². The number of hydrogen-bond donors (Lipinski definition) is 4. The first kappa shape index (κ1) is 65.1. The summed E-state index contributed by atoms with van der Waals surface area (Å²) in [7, 11) is -4.61. The highest BCUT2D eigenvalue weighted by Gasteiger charge is 2.46. The molecule has 0 aromatic carbocycles. The molecule has 4 N–H and O–H groups in total. The number of carbonyl (C=O) groups excluding carboxylic acids is 2. The maximum Gasteiger partial charge on any atom is 0.306 e. The van der Waals surface area contributed by atoms with Crippen LogP contribution in [0.3, 0.4) is 0 Å². The fraction of sp³-hybridized carbons (Fsp3) is 0.893. The van der Waals surface area contributed by atoms with Gasteiger partial charge >= 0.3 is 11.9 Å². The summed E-state index contributed by atoms with van der Waals surface area (Å²) in [6, 6.07) is 0. The molecule has 406 valence electrons. The minimum absolute atomic E-state index is 0.165. The molecular formula is C56H104O12S. The Hall–Kier alpha value is -1.87. The third kappa shape index (κ3) is 40.3. The van der Waals surface area contributed by atoms with Gasteiger partial charge in [-0.1, -0.05) is 231 Å². The fourth-order valence-electron chi connectivity index (χ4n) is 8.89. The minimum Gasteiger partial charge on any atom is -0.462 e. The third-order valence-electron chi connectivity index (χ3n) is 13.3. The van der Waals surface area contributed by atoms with E-state index >= 15 is 0 Å². The third-order valence-corrected chi connectivity index (χ3v) is 14.0. The smallest absolute Gasteiger partial charge is 0.306 e. The monoisotopic (exact) mass is 1000 g/mol. The van der Waals surface area contributed by atoms with Gasteiger partial charge in [-0.2, -0.15) is 8.42 Å². The summed E-state index contributed by atoms with van der Waals surface area (Å²) in [6.07, 6.45) is 45.0. The summed E-state index contributed by atoms with van der Waals surface area (Å²) in [5, 5.41) is 31.0. The van der Waals surface area contributed by atoms with Crippen LogP contribution in [0, 0.1) is 0 Å². The van der Waals surface area contributed by atoms with Crippen LogP contribution in [0.15, 0.2) is 24.3 Å². The van der Waals surface area contributed by atoms with Crippen LogP contribution >= 0.6 is 0 Å². The van der Waals surface area contributed by atoms with E-state index in [4.69, 9.17) is 18.9 Å². The van der Waals surface area contributed by atoms with E-state index < -0.39 is 71.2 Å². The topological polar surface area (TPSA) is 186 Å². The Bertz CT molecular complexity index is 1360. The largest absolute Gasteiger partial charge is 0.462 e. The van der Waals surface area contributed by atoms with E-state index in [1.807, 2.05) is 0 Å². The van der Waals surface area contributed by atoms with Crippen LogP contribution in [-0.2, 0) is 38.7 Å². The Morgan fingerprint density at radius 3 is 1.28 bits per heavy atom. The lowest BCUT2D eigenvalue weighted by Crippen LogP contribution is -2.60. The van der Waals surface area contributed by atoms with Gasteiger partial charge in [0.05, 0.1) is 6.61 Å². The van der Waals surface area contributed by atoms with E-state index in [-0.39, 0.29) is 19.4 Å². The molecule has 69 heavy (non-hydrogen) atoms. The van der Waals surface area contributed by atoms with Gasteiger partial charge in [0, 0.05) is 12.8 Å². The van der Waals surface area contributed by atoms with Crippen molar-refractivity contribution in [3.05, 3.63) is 24.3 Å². The molecule has 12 nitrogen and oxygen atoms in total. The van der Waals surface area contributed by atoms with Crippen molar-refractivity contribution in [2.75, 3.05) is 19.0 Å². The highest BCUT2D eigenvalue weighted by molar-refractivity contribution is 7.85. The zero-order chi connectivity index (χ0) is 50.5. The Balaban J connectivity index is 2.31. The molecule has 1 aliphatic heterocycles. The second-order valence-electron chi connectivity index (χ2n) is 20.0. The van der Waals surface area contributed by atoms with Crippen LogP contribution in [0.4, 0.5) is 0 Å². The molecule has 6 unspecified atom stereocenters. The van der Waals surface area contributed by atoms with Crippen molar-refractivity contribution in [1.82, 2.24) is 0 Å². The molecule has 0 aromatic rings. The Labute approximate surface area is 421 Å². The van der Waals surface area contributed by atoms with Crippen LogP contribution < -0.4 is 0 Å². The van der Waals surface area contributed by atoms with Gasteiger partial charge in [-0.15, -0.1) is 0 Å². The van der Waals surface area contributed by atoms with E-state index in [2.05, 4.69) is 38.2 Å². The fourth-order valence-corrected chi connectivity index (χ4v) is 9.58.